The second-order valence-corrected chi connectivity index (χ2v) is 10.5. The Hall–Kier alpha value is -3.76. The van der Waals surface area contributed by atoms with E-state index in [0.29, 0.717) is 11.1 Å². The van der Waals surface area contributed by atoms with Crippen molar-refractivity contribution in [3.63, 3.8) is 0 Å². The van der Waals surface area contributed by atoms with Gasteiger partial charge in [-0.2, -0.15) is 0 Å². The molecule has 0 unspecified atom stereocenters. The molecular weight excluding hydrogens is 466 g/mol. The number of nitro groups is 1. The van der Waals surface area contributed by atoms with Crippen LogP contribution in [-0.2, 0) is 16.6 Å². The minimum absolute atomic E-state index is 0.0224. The molecule has 0 amide bonds. The minimum Gasteiger partial charge on any atom is -0.375 e. The number of rotatable bonds is 7. The number of pyridine rings is 1. The van der Waals surface area contributed by atoms with E-state index in [1.165, 1.54) is 23.9 Å². The van der Waals surface area contributed by atoms with Crippen molar-refractivity contribution in [2.75, 3.05) is 18.4 Å². The molecule has 4 aromatic rings. The van der Waals surface area contributed by atoms with Crippen LogP contribution in [0.15, 0.2) is 84.0 Å². The van der Waals surface area contributed by atoms with Gasteiger partial charge in [-0.05, 0) is 43.1 Å². The fraction of sp³-hybridized carbons (Fsp3) is 0.240. The Labute approximate surface area is 203 Å². The average Bonchev–Trinajstić information content (AvgIpc) is 3.31. The summed E-state index contributed by atoms with van der Waals surface area (Å²) in [6.45, 7) is 2.48. The van der Waals surface area contributed by atoms with Gasteiger partial charge in [0.1, 0.15) is 11.9 Å². The molecule has 0 radical (unpaired) electrons. The molecule has 35 heavy (non-hydrogen) atoms. The third kappa shape index (κ3) is 4.62. The molecular formula is C25H25N5O4S. The Kier molecular flexibility index (Phi) is 6.23. The number of benzene rings is 2. The fourth-order valence-corrected chi connectivity index (χ4v) is 5.93. The molecule has 3 heterocycles. The van der Waals surface area contributed by atoms with E-state index in [-0.39, 0.29) is 22.3 Å². The molecule has 1 aliphatic heterocycles. The van der Waals surface area contributed by atoms with Gasteiger partial charge < -0.3 is 5.32 Å². The number of hydrogen-bond acceptors (Lipinski definition) is 7. The number of fused-ring (bicyclic) bond motifs is 1. The first-order valence-electron chi connectivity index (χ1n) is 11.4. The maximum Gasteiger partial charge on any atom is 0.311 e. The maximum absolute atomic E-state index is 13.2. The zero-order valence-corrected chi connectivity index (χ0v) is 19.8. The van der Waals surface area contributed by atoms with E-state index >= 15 is 0 Å². The number of aromatic nitrogens is 2. The quantitative estimate of drug-likeness (QED) is 0.304. The van der Waals surface area contributed by atoms with Gasteiger partial charge in [-0.1, -0.05) is 48.5 Å². The van der Waals surface area contributed by atoms with Crippen LogP contribution < -0.4 is 5.32 Å². The van der Waals surface area contributed by atoms with Crippen LogP contribution in [0.1, 0.15) is 18.4 Å². The Morgan fingerprint density at radius 1 is 1.06 bits per heavy atom. The van der Waals surface area contributed by atoms with Gasteiger partial charge in [0, 0.05) is 25.3 Å². The highest BCUT2D eigenvalue weighted by Crippen LogP contribution is 2.35. The molecule has 2 aromatic carbocycles. The van der Waals surface area contributed by atoms with Crippen LogP contribution in [0.2, 0.25) is 0 Å². The van der Waals surface area contributed by atoms with Gasteiger partial charge in [0.05, 0.1) is 15.2 Å². The monoisotopic (exact) mass is 491 g/mol. The van der Waals surface area contributed by atoms with E-state index in [2.05, 4.69) is 27.3 Å². The van der Waals surface area contributed by atoms with Gasteiger partial charge in [-0.25, -0.2) is 17.4 Å². The summed E-state index contributed by atoms with van der Waals surface area (Å²) >= 11 is 0. The van der Waals surface area contributed by atoms with E-state index in [4.69, 9.17) is 0 Å². The van der Waals surface area contributed by atoms with Crippen molar-refractivity contribution in [1.29, 1.82) is 0 Å². The van der Waals surface area contributed by atoms with Crippen molar-refractivity contribution in [2.45, 2.75) is 30.3 Å². The summed E-state index contributed by atoms with van der Waals surface area (Å²) in [6.07, 6.45) is 4.34. The summed E-state index contributed by atoms with van der Waals surface area (Å²) < 4.78 is 27.5. The van der Waals surface area contributed by atoms with E-state index in [1.807, 2.05) is 18.2 Å². The lowest BCUT2D eigenvalue weighted by atomic mass is 10.0. The first-order valence-corrected chi connectivity index (χ1v) is 12.9. The van der Waals surface area contributed by atoms with Gasteiger partial charge in [0.2, 0.25) is 0 Å². The summed E-state index contributed by atoms with van der Waals surface area (Å²) in [5.74, 6) is 0. The summed E-state index contributed by atoms with van der Waals surface area (Å²) in [4.78, 5) is 18.0. The van der Waals surface area contributed by atoms with Crippen LogP contribution in [0.25, 0.3) is 11.0 Å². The van der Waals surface area contributed by atoms with Crippen LogP contribution in [0.5, 0.6) is 0 Å². The van der Waals surface area contributed by atoms with Gasteiger partial charge in [-0.3, -0.25) is 15.0 Å². The van der Waals surface area contributed by atoms with Crippen LogP contribution in [0.4, 0.5) is 11.4 Å². The van der Waals surface area contributed by atoms with E-state index in [1.54, 1.807) is 24.3 Å². The highest BCUT2D eigenvalue weighted by Gasteiger charge is 2.28. The standard InChI is InChI=1S/C25H25N5O4S/c31-30(32)23-16-26-25-22(13-15-29(25)35(33,34)21-11-5-2-6-12-21)24(23)27-20-10-7-14-28(18-20)17-19-8-3-1-4-9-19/h1-6,8-9,11-13,15-16,20H,7,10,14,17-18H2,(H,26,27)/t20-/m1/s1. The molecule has 10 heteroatoms. The molecule has 1 saturated heterocycles. The van der Waals surface area contributed by atoms with E-state index < -0.39 is 14.9 Å². The predicted molar refractivity (Wildman–Crippen MR) is 134 cm³/mol. The lowest BCUT2D eigenvalue weighted by molar-refractivity contribution is -0.384. The highest BCUT2D eigenvalue weighted by atomic mass is 32.2. The smallest absolute Gasteiger partial charge is 0.311 e. The molecule has 9 nitrogen and oxygen atoms in total. The SMILES string of the molecule is O=[N+]([O-])c1cnc2c(ccn2S(=O)(=O)c2ccccc2)c1N[C@@H]1CCCN(Cc2ccccc2)C1. The molecule has 1 N–H and O–H groups in total. The van der Waals surface area contributed by atoms with Crippen molar-refractivity contribution >= 4 is 32.4 Å². The maximum atomic E-state index is 13.2. The van der Waals surface area contributed by atoms with Gasteiger partial charge in [0.25, 0.3) is 10.0 Å². The molecule has 1 aliphatic rings. The molecule has 180 valence electrons. The van der Waals surface area contributed by atoms with Crippen LogP contribution in [0.3, 0.4) is 0 Å². The Morgan fingerprint density at radius 3 is 2.49 bits per heavy atom. The van der Waals surface area contributed by atoms with Crippen molar-refractivity contribution < 1.29 is 13.3 Å². The third-order valence-corrected chi connectivity index (χ3v) is 7.94. The topological polar surface area (TPSA) is 110 Å². The highest BCUT2D eigenvalue weighted by molar-refractivity contribution is 7.90. The molecule has 5 rings (SSSR count). The first kappa shape index (κ1) is 23.0. The van der Waals surface area contributed by atoms with Crippen molar-refractivity contribution in [3.05, 3.63) is 94.8 Å². The van der Waals surface area contributed by atoms with Gasteiger partial charge in [0.15, 0.2) is 5.65 Å². The molecule has 1 fully saturated rings. The summed E-state index contributed by atoms with van der Waals surface area (Å²) in [6, 6.07) is 19.8. The Morgan fingerprint density at radius 2 is 1.77 bits per heavy atom. The number of hydrogen-bond donors (Lipinski definition) is 1. The fourth-order valence-electron chi connectivity index (χ4n) is 4.61. The van der Waals surface area contributed by atoms with Gasteiger partial charge >= 0.3 is 5.69 Å². The van der Waals surface area contributed by atoms with Crippen LogP contribution in [0, 0.1) is 10.1 Å². The van der Waals surface area contributed by atoms with Crippen molar-refractivity contribution in [2.24, 2.45) is 0 Å². The summed E-state index contributed by atoms with van der Waals surface area (Å²) in [5.41, 5.74) is 1.49. The Balaban J connectivity index is 1.47. The molecule has 0 aliphatic carbocycles. The summed E-state index contributed by atoms with van der Waals surface area (Å²) in [5, 5.41) is 15.6. The Bertz CT molecular complexity index is 1460. The average molecular weight is 492 g/mol. The number of nitrogens with one attached hydrogen (secondary N) is 1. The number of piperidine rings is 1. The minimum atomic E-state index is -3.90. The second kappa shape index (κ2) is 9.47. The molecule has 2 aromatic heterocycles. The third-order valence-electron chi connectivity index (χ3n) is 6.26. The second-order valence-electron chi connectivity index (χ2n) is 8.65. The number of nitrogens with zero attached hydrogens (tertiary/aromatic N) is 4. The van der Waals surface area contributed by atoms with Crippen LogP contribution >= 0.6 is 0 Å². The molecule has 0 saturated carbocycles. The zero-order chi connectivity index (χ0) is 24.4. The van der Waals surface area contributed by atoms with Crippen molar-refractivity contribution in [3.8, 4) is 0 Å². The number of likely N-dealkylation sites (tertiary alicyclic amines) is 1. The van der Waals surface area contributed by atoms with Gasteiger partial charge in [-0.15, -0.1) is 0 Å². The molecule has 1 atom stereocenters. The molecule has 0 spiro atoms. The van der Waals surface area contributed by atoms with E-state index in [0.717, 1.165) is 42.6 Å². The summed E-state index contributed by atoms with van der Waals surface area (Å²) in [7, 11) is -3.90. The largest absolute Gasteiger partial charge is 0.375 e. The van der Waals surface area contributed by atoms with E-state index in [9.17, 15) is 18.5 Å². The first-order chi connectivity index (χ1) is 16.9. The number of anilines is 1. The van der Waals surface area contributed by atoms with Crippen molar-refractivity contribution in [1.82, 2.24) is 13.9 Å². The predicted octanol–water partition coefficient (Wildman–Crippen LogP) is 4.26. The lowest BCUT2D eigenvalue weighted by Crippen LogP contribution is -2.41. The molecule has 0 bridgehead atoms. The van der Waals surface area contributed by atoms with Crippen LogP contribution in [-0.4, -0.2) is 46.3 Å². The normalized spacial score (nSPS) is 16.9. The lowest BCUT2D eigenvalue weighted by Gasteiger charge is -2.33. The zero-order valence-electron chi connectivity index (χ0n) is 18.9.